The molecule has 0 atom stereocenters. The van der Waals surface area contributed by atoms with E-state index in [1.165, 1.54) is 0 Å². The molecule has 2 heterocycles. The highest BCUT2D eigenvalue weighted by atomic mass is 32.2. The predicted octanol–water partition coefficient (Wildman–Crippen LogP) is 2.13. The summed E-state index contributed by atoms with van der Waals surface area (Å²) in [5.74, 6) is -1.05. The number of benzene rings is 1. The van der Waals surface area contributed by atoms with Crippen LogP contribution in [0.3, 0.4) is 0 Å². The van der Waals surface area contributed by atoms with Gasteiger partial charge in [-0.2, -0.15) is 0 Å². The quantitative estimate of drug-likeness (QED) is 0.860. The second-order valence-electron chi connectivity index (χ2n) is 4.71. The Hall–Kier alpha value is -2.54. The van der Waals surface area contributed by atoms with Gasteiger partial charge in [0.05, 0.1) is 4.91 Å². The molecule has 7 heteroatoms. The van der Waals surface area contributed by atoms with Crippen LogP contribution in [0.15, 0.2) is 40.8 Å². The Morgan fingerprint density at radius 1 is 1.36 bits per heavy atom. The fraction of sp³-hybridized carbons (Fsp3) is 0.133. The lowest BCUT2D eigenvalue weighted by Gasteiger charge is -2.15. The third-order valence-corrected chi connectivity index (χ3v) is 4.05. The van der Waals surface area contributed by atoms with E-state index < -0.39 is 23.7 Å². The van der Waals surface area contributed by atoms with Gasteiger partial charge in [0.2, 0.25) is 0 Å². The molecule has 1 N–H and O–H groups in total. The lowest BCUT2D eigenvalue weighted by molar-refractivity contribution is -0.140. The summed E-state index contributed by atoms with van der Waals surface area (Å²) in [6, 6.07) is 7.49. The number of amides is 2. The van der Waals surface area contributed by atoms with E-state index in [-0.39, 0.29) is 4.91 Å². The standard InChI is InChI=1S/C15H11NO5S/c17-13(18)7-16-14(19)12(22-15(16)20)6-9-5-10-3-1-2-4-11(10)21-8-9/h1-6H,7-8H2,(H,17,18)/b12-6-. The van der Waals surface area contributed by atoms with Crippen LogP contribution in [0.5, 0.6) is 5.75 Å². The van der Waals surface area contributed by atoms with E-state index in [4.69, 9.17) is 9.84 Å². The molecule has 6 nitrogen and oxygen atoms in total. The molecule has 0 radical (unpaired) electrons. The van der Waals surface area contributed by atoms with Crippen LogP contribution in [0.4, 0.5) is 4.79 Å². The topological polar surface area (TPSA) is 83.9 Å². The zero-order valence-corrected chi connectivity index (χ0v) is 12.1. The minimum absolute atomic E-state index is 0.209. The van der Waals surface area contributed by atoms with Gasteiger partial charge in [-0.15, -0.1) is 0 Å². The summed E-state index contributed by atoms with van der Waals surface area (Å²) >= 11 is 0.738. The van der Waals surface area contributed by atoms with Gasteiger partial charge in [-0.3, -0.25) is 19.3 Å². The molecule has 0 saturated carbocycles. The fourth-order valence-corrected chi connectivity index (χ4v) is 3.01. The molecule has 2 aliphatic heterocycles. The number of para-hydroxylation sites is 1. The number of carbonyl (C=O) groups excluding carboxylic acids is 2. The number of hydrogen-bond acceptors (Lipinski definition) is 5. The number of ether oxygens (including phenoxy) is 1. The minimum atomic E-state index is -1.22. The van der Waals surface area contributed by atoms with Crippen molar-refractivity contribution in [1.29, 1.82) is 0 Å². The molecule has 0 bridgehead atoms. The zero-order chi connectivity index (χ0) is 15.7. The highest BCUT2D eigenvalue weighted by molar-refractivity contribution is 8.18. The Bertz CT molecular complexity index is 737. The summed E-state index contributed by atoms with van der Waals surface area (Å²) in [5.41, 5.74) is 1.64. The van der Waals surface area contributed by atoms with Crippen LogP contribution >= 0.6 is 11.8 Å². The van der Waals surface area contributed by atoms with E-state index in [2.05, 4.69) is 0 Å². The van der Waals surface area contributed by atoms with Crippen LogP contribution in [0.25, 0.3) is 6.08 Å². The number of carboxylic acids is 1. The fourth-order valence-electron chi connectivity index (χ4n) is 2.16. The lowest BCUT2D eigenvalue weighted by Crippen LogP contribution is -2.33. The number of carboxylic acid groups (broad SMARTS) is 1. The zero-order valence-electron chi connectivity index (χ0n) is 11.3. The average molecular weight is 317 g/mol. The Balaban J connectivity index is 1.85. The Morgan fingerprint density at radius 2 is 2.14 bits per heavy atom. The van der Waals surface area contributed by atoms with Crippen molar-refractivity contribution in [2.24, 2.45) is 0 Å². The summed E-state index contributed by atoms with van der Waals surface area (Å²) < 4.78 is 5.57. The summed E-state index contributed by atoms with van der Waals surface area (Å²) in [6.45, 7) is -0.331. The number of thioether (sulfide) groups is 1. The summed E-state index contributed by atoms with van der Waals surface area (Å²) in [5, 5.41) is 8.15. The largest absolute Gasteiger partial charge is 0.488 e. The third-order valence-electron chi connectivity index (χ3n) is 3.14. The smallest absolute Gasteiger partial charge is 0.323 e. The van der Waals surface area contributed by atoms with Gasteiger partial charge in [-0.1, -0.05) is 18.2 Å². The minimum Gasteiger partial charge on any atom is -0.488 e. The maximum absolute atomic E-state index is 12.1. The van der Waals surface area contributed by atoms with Gasteiger partial charge in [-0.05, 0) is 35.6 Å². The van der Waals surface area contributed by atoms with E-state index in [1.807, 2.05) is 30.3 Å². The Labute approximate surface area is 130 Å². The molecular weight excluding hydrogens is 306 g/mol. The number of fused-ring (bicyclic) bond motifs is 1. The molecule has 112 valence electrons. The SMILES string of the molecule is O=C(O)CN1C(=O)S/C(=C\C2=Cc3ccccc3OC2)C1=O. The van der Waals surface area contributed by atoms with E-state index in [9.17, 15) is 14.4 Å². The molecule has 0 aromatic heterocycles. The van der Waals surface area contributed by atoms with Crippen molar-refractivity contribution < 1.29 is 24.2 Å². The van der Waals surface area contributed by atoms with E-state index >= 15 is 0 Å². The number of aliphatic carboxylic acids is 1. The third kappa shape index (κ3) is 2.75. The van der Waals surface area contributed by atoms with Crippen LogP contribution in [-0.4, -0.2) is 40.3 Å². The second-order valence-corrected chi connectivity index (χ2v) is 5.70. The van der Waals surface area contributed by atoms with E-state index in [1.54, 1.807) is 6.08 Å². The predicted molar refractivity (Wildman–Crippen MR) is 80.3 cm³/mol. The number of carbonyl (C=O) groups is 3. The molecule has 1 aromatic carbocycles. The molecule has 1 saturated heterocycles. The highest BCUT2D eigenvalue weighted by Gasteiger charge is 2.36. The van der Waals surface area contributed by atoms with Crippen LogP contribution in [0.1, 0.15) is 5.56 Å². The van der Waals surface area contributed by atoms with Gasteiger partial charge < -0.3 is 9.84 Å². The van der Waals surface area contributed by atoms with Gasteiger partial charge in [0, 0.05) is 5.56 Å². The number of rotatable bonds is 3. The Morgan fingerprint density at radius 3 is 2.91 bits per heavy atom. The van der Waals surface area contributed by atoms with Crippen LogP contribution in [-0.2, 0) is 9.59 Å². The lowest BCUT2D eigenvalue weighted by atomic mass is 10.1. The van der Waals surface area contributed by atoms with Gasteiger partial charge in [-0.25, -0.2) is 0 Å². The molecular formula is C15H11NO5S. The van der Waals surface area contributed by atoms with Gasteiger partial charge in [0.1, 0.15) is 18.9 Å². The van der Waals surface area contributed by atoms with Crippen molar-refractivity contribution in [3.8, 4) is 5.75 Å². The number of imide groups is 1. The van der Waals surface area contributed by atoms with Crippen molar-refractivity contribution >= 4 is 35.0 Å². The molecule has 22 heavy (non-hydrogen) atoms. The first kappa shape index (κ1) is 14.4. The van der Waals surface area contributed by atoms with Gasteiger partial charge in [0.25, 0.3) is 11.1 Å². The van der Waals surface area contributed by atoms with Crippen molar-refractivity contribution in [2.45, 2.75) is 0 Å². The molecule has 0 spiro atoms. The first-order chi connectivity index (χ1) is 10.5. The maximum Gasteiger partial charge on any atom is 0.323 e. The molecule has 0 aliphatic carbocycles. The second kappa shape index (κ2) is 5.69. The average Bonchev–Trinajstić information content (AvgIpc) is 2.74. The monoisotopic (exact) mass is 317 g/mol. The van der Waals surface area contributed by atoms with Gasteiger partial charge >= 0.3 is 5.97 Å². The van der Waals surface area contributed by atoms with Crippen molar-refractivity contribution in [3.63, 3.8) is 0 Å². The van der Waals surface area contributed by atoms with Crippen molar-refractivity contribution in [3.05, 3.63) is 46.4 Å². The van der Waals surface area contributed by atoms with Crippen LogP contribution in [0.2, 0.25) is 0 Å². The normalized spacial score (nSPS) is 19.0. The molecule has 1 aromatic rings. The number of hydrogen-bond donors (Lipinski definition) is 1. The first-order valence-electron chi connectivity index (χ1n) is 6.44. The molecule has 2 amide bonds. The number of nitrogens with zero attached hydrogens (tertiary/aromatic N) is 1. The summed E-state index contributed by atoms with van der Waals surface area (Å²) in [4.78, 5) is 35.3. The Kier molecular flexibility index (Phi) is 3.72. The van der Waals surface area contributed by atoms with Crippen LogP contribution < -0.4 is 4.74 Å². The molecule has 1 fully saturated rings. The highest BCUT2D eigenvalue weighted by Crippen LogP contribution is 2.33. The van der Waals surface area contributed by atoms with Crippen molar-refractivity contribution in [2.75, 3.05) is 13.2 Å². The van der Waals surface area contributed by atoms with E-state index in [0.29, 0.717) is 6.61 Å². The van der Waals surface area contributed by atoms with Crippen molar-refractivity contribution in [1.82, 2.24) is 4.90 Å². The summed E-state index contributed by atoms with van der Waals surface area (Å²) in [6.07, 6.45) is 3.45. The van der Waals surface area contributed by atoms with E-state index in [0.717, 1.165) is 33.5 Å². The molecule has 2 aliphatic rings. The molecule has 0 unspecified atom stereocenters. The first-order valence-corrected chi connectivity index (χ1v) is 7.26. The van der Waals surface area contributed by atoms with Crippen LogP contribution in [0, 0.1) is 0 Å². The summed E-state index contributed by atoms with van der Waals surface area (Å²) in [7, 11) is 0. The van der Waals surface area contributed by atoms with Gasteiger partial charge in [0.15, 0.2) is 0 Å². The molecule has 3 rings (SSSR count). The maximum atomic E-state index is 12.1.